The van der Waals surface area contributed by atoms with Crippen LogP contribution in [0.4, 0.5) is 4.39 Å². The zero-order chi connectivity index (χ0) is 8.55. The molecule has 0 atom stereocenters. The van der Waals surface area contributed by atoms with Crippen molar-refractivity contribution in [1.29, 1.82) is 0 Å². The molecule has 2 N–H and O–H groups in total. The molecule has 2 rings (SSSR count). The molecule has 0 spiro atoms. The predicted octanol–water partition coefficient (Wildman–Crippen LogP) is 1.77. The molecule has 2 heteroatoms. The molecule has 0 aliphatic heterocycles. The van der Waals surface area contributed by atoms with Gasteiger partial charge in [-0.05, 0) is 36.5 Å². The van der Waals surface area contributed by atoms with Crippen LogP contribution in [0.25, 0.3) is 0 Å². The topological polar surface area (TPSA) is 26.0 Å². The van der Waals surface area contributed by atoms with Crippen LogP contribution in [-0.2, 0) is 19.4 Å². The van der Waals surface area contributed by atoms with Crippen LogP contribution in [0.1, 0.15) is 23.1 Å². The van der Waals surface area contributed by atoms with Crippen molar-refractivity contribution in [3.63, 3.8) is 0 Å². The maximum atomic E-state index is 13.2. The zero-order valence-electron chi connectivity index (χ0n) is 6.94. The van der Waals surface area contributed by atoms with Crippen molar-refractivity contribution in [2.24, 2.45) is 5.73 Å². The maximum absolute atomic E-state index is 13.2. The first-order chi connectivity index (χ1) is 5.83. The van der Waals surface area contributed by atoms with Crippen LogP contribution in [0.15, 0.2) is 12.1 Å². The summed E-state index contributed by atoms with van der Waals surface area (Å²) < 4.78 is 13.2. The lowest BCUT2D eigenvalue weighted by molar-refractivity contribution is 0.607. The molecule has 0 heterocycles. The smallest absolute Gasteiger partial charge is 0.127 e. The van der Waals surface area contributed by atoms with E-state index in [2.05, 4.69) is 0 Å². The maximum Gasteiger partial charge on any atom is 0.127 e. The normalized spacial score (nSPS) is 14.8. The van der Waals surface area contributed by atoms with Crippen molar-refractivity contribution in [1.82, 2.24) is 0 Å². The Hall–Kier alpha value is -0.890. The van der Waals surface area contributed by atoms with Gasteiger partial charge in [0.25, 0.3) is 0 Å². The largest absolute Gasteiger partial charge is 0.326 e. The Morgan fingerprint density at radius 1 is 1.33 bits per heavy atom. The second-order valence-corrected chi connectivity index (χ2v) is 3.22. The van der Waals surface area contributed by atoms with Gasteiger partial charge >= 0.3 is 0 Å². The fourth-order valence-corrected chi connectivity index (χ4v) is 1.93. The summed E-state index contributed by atoms with van der Waals surface area (Å²) in [6.07, 6.45) is 3.23. The van der Waals surface area contributed by atoms with E-state index >= 15 is 0 Å². The van der Waals surface area contributed by atoms with Gasteiger partial charge in [-0.1, -0.05) is 6.07 Å². The number of fused-ring (bicyclic) bond motifs is 1. The van der Waals surface area contributed by atoms with Crippen molar-refractivity contribution in [3.8, 4) is 0 Å². The molecule has 0 radical (unpaired) electrons. The van der Waals surface area contributed by atoms with Gasteiger partial charge in [-0.15, -0.1) is 0 Å². The molecule has 1 aliphatic rings. The van der Waals surface area contributed by atoms with Gasteiger partial charge in [0, 0.05) is 12.1 Å². The minimum atomic E-state index is -0.141. The third-order valence-corrected chi connectivity index (χ3v) is 2.55. The average molecular weight is 165 g/mol. The fraction of sp³-hybridized carbons (Fsp3) is 0.400. The molecular formula is C10H12FN. The van der Waals surface area contributed by atoms with E-state index in [9.17, 15) is 4.39 Å². The number of benzene rings is 1. The van der Waals surface area contributed by atoms with E-state index in [0.717, 1.165) is 30.4 Å². The molecule has 0 amide bonds. The van der Waals surface area contributed by atoms with Crippen LogP contribution in [0.3, 0.4) is 0 Å². The molecule has 0 saturated carbocycles. The van der Waals surface area contributed by atoms with Gasteiger partial charge in [0.2, 0.25) is 0 Å². The van der Waals surface area contributed by atoms with Crippen LogP contribution in [0.5, 0.6) is 0 Å². The first-order valence-electron chi connectivity index (χ1n) is 4.32. The summed E-state index contributed by atoms with van der Waals surface area (Å²) in [5.41, 5.74) is 8.66. The number of nitrogens with two attached hydrogens (primary N) is 1. The van der Waals surface area contributed by atoms with E-state index in [1.54, 1.807) is 0 Å². The SMILES string of the molecule is NCc1c(F)ccc2c1CCC2. The van der Waals surface area contributed by atoms with E-state index in [4.69, 9.17) is 5.73 Å². The van der Waals surface area contributed by atoms with Crippen LogP contribution in [0.2, 0.25) is 0 Å². The summed E-state index contributed by atoms with van der Waals surface area (Å²) in [5.74, 6) is -0.141. The Kier molecular flexibility index (Phi) is 1.85. The quantitative estimate of drug-likeness (QED) is 0.674. The lowest BCUT2D eigenvalue weighted by atomic mass is 10.0. The Balaban J connectivity index is 2.57. The average Bonchev–Trinajstić information content (AvgIpc) is 2.52. The minimum Gasteiger partial charge on any atom is -0.326 e. The fourth-order valence-electron chi connectivity index (χ4n) is 1.93. The Morgan fingerprint density at radius 3 is 2.92 bits per heavy atom. The molecule has 0 bridgehead atoms. The van der Waals surface area contributed by atoms with E-state index in [1.807, 2.05) is 6.07 Å². The van der Waals surface area contributed by atoms with Gasteiger partial charge in [0.15, 0.2) is 0 Å². The minimum absolute atomic E-state index is 0.141. The van der Waals surface area contributed by atoms with Crippen LogP contribution < -0.4 is 5.73 Å². The highest BCUT2D eigenvalue weighted by Gasteiger charge is 2.16. The molecule has 1 aromatic carbocycles. The predicted molar refractivity (Wildman–Crippen MR) is 46.3 cm³/mol. The highest BCUT2D eigenvalue weighted by molar-refractivity contribution is 5.39. The summed E-state index contributed by atoms with van der Waals surface area (Å²) in [6.45, 7) is 0.328. The molecule has 0 unspecified atom stereocenters. The van der Waals surface area contributed by atoms with Gasteiger partial charge in [-0.2, -0.15) is 0 Å². The number of aryl methyl sites for hydroxylation is 1. The number of hydrogen-bond acceptors (Lipinski definition) is 1. The lowest BCUT2D eigenvalue weighted by Crippen LogP contribution is -2.04. The molecule has 1 nitrogen and oxygen atoms in total. The van der Waals surface area contributed by atoms with Crippen LogP contribution in [-0.4, -0.2) is 0 Å². The molecule has 12 heavy (non-hydrogen) atoms. The first-order valence-corrected chi connectivity index (χ1v) is 4.32. The molecule has 0 saturated heterocycles. The van der Waals surface area contributed by atoms with Crippen molar-refractivity contribution in [3.05, 3.63) is 34.6 Å². The molecule has 0 fully saturated rings. The third kappa shape index (κ3) is 1.03. The number of rotatable bonds is 1. The standard InChI is InChI=1S/C10H12FN/c11-10-5-4-7-2-1-3-8(7)9(10)6-12/h4-5H,1-3,6,12H2. The zero-order valence-corrected chi connectivity index (χ0v) is 6.94. The van der Waals surface area contributed by atoms with Crippen LogP contribution in [0, 0.1) is 5.82 Å². The van der Waals surface area contributed by atoms with Gasteiger partial charge in [0.05, 0.1) is 0 Å². The second-order valence-electron chi connectivity index (χ2n) is 3.22. The monoisotopic (exact) mass is 165 g/mol. The van der Waals surface area contributed by atoms with E-state index in [0.29, 0.717) is 6.54 Å². The first kappa shape index (κ1) is 7.74. The van der Waals surface area contributed by atoms with E-state index in [1.165, 1.54) is 11.6 Å². The lowest BCUT2D eigenvalue weighted by Gasteiger charge is -2.06. The summed E-state index contributed by atoms with van der Waals surface area (Å²) in [5, 5.41) is 0. The van der Waals surface area contributed by atoms with Crippen LogP contribution >= 0.6 is 0 Å². The molecule has 0 aromatic heterocycles. The molecule has 1 aliphatic carbocycles. The van der Waals surface area contributed by atoms with Gasteiger partial charge in [0.1, 0.15) is 5.82 Å². The number of hydrogen-bond donors (Lipinski definition) is 1. The van der Waals surface area contributed by atoms with Gasteiger partial charge in [-0.25, -0.2) is 4.39 Å². The Bertz CT molecular complexity index is 307. The van der Waals surface area contributed by atoms with E-state index < -0.39 is 0 Å². The highest BCUT2D eigenvalue weighted by Crippen LogP contribution is 2.26. The van der Waals surface area contributed by atoms with E-state index in [-0.39, 0.29) is 5.82 Å². The van der Waals surface area contributed by atoms with Crippen molar-refractivity contribution in [2.45, 2.75) is 25.8 Å². The molecule has 64 valence electrons. The third-order valence-electron chi connectivity index (χ3n) is 2.55. The summed E-state index contributed by atoms with van der Waals surface area (Å²) >= 11 is 0. The Labute approximate surface area is 71.4 Å². The summed E-state index contributed by atoms with van der Waals surface area (Å²) in [7, 11) is 0. The highest BCUT2D eigenvalue weighted by atomic mass is 19.1. The van der Waals surface area contributed by atoms with Crippen molar-refractivity contribution < 1.29 is 4.39 Å². The number of halogens is 1. The van der Waals surface area contributed by atoms with Crippen molar-refractivity contribution in [2.75, 3.05) is 0 Å². The van der Waals surface area contributed by atoms with Crippen molar-refractivity contribution >= 4 is 0 Å². The second kappa shape index (κ2) is 2.87. The summed E-state index contributed by atoms with van der Waals surface area (Å²) in [4.78, 5) is 0. The van der Waals surface area contributed by atoms with Gasteiger partial charge < -0.3 is 5.73 Å². The summed E-state index contributed by atoms with van der Waals surface area (Å²) in [6, 6.07) is 3.42. The van der Waals surface area contributed by atoms with Gasteiger partial charge in [-0.3, -0.25) is 0 Å². The Morgan fingerprint density at radius 2 is 2.17 bits per heavy atom. The molecular weight excluding hydrogens is 153 g/mol. The molecule has 1 aromatic rings.